The normalized spacial score (nSPS) is 11.7. The molecule has 1 atom stereocenters. The van der Waals surface area contributed by atoms with Crippen molar-refractivity contribution in [3.05, 3.63) is 113 Å². The Balaban J connectivity index is 1.86. The van der Waals surface area contributed by atoms with Crippen LogP contribution in [0.4, 0.5) is 5.69 Å². The highest BCUT2D eigenvalue weighted by Crippen LogP contribution is 2.37. The number of amides is 2. The fourth-order valence-electron chi connectivity index (χ4n) is 5.43. The van der Waals surface area contributed by atoms with E-state index >= 15 is 0 Å². The molecule has 2 amide bonds. The highest BCUT2D eigenvalue weighted by molar-refractivity contribution is 7.92. The zero-order valence-corrected chi connectivity index (χ0v) is 30.6. The maximum atomic E-state index is 14.8. The molecule has 0 aliphatic rings. The zero-order valence-electron chi connectivity index (χ0n) is 29.0. The number of hydrogen-bond acceptors (Lipinski definition) is 7. The summed E-state index contributed by atoms with van der Waals surface area (Å²) in [6.07, 6.45) is 1.85. The van der Waals surface area contributed by atoms with Gasteiger partial charge in [-0.1, -0.05) is 85.1 Å². The predicted octanol–water partition coefficient (Wildman–Crippen LogP) is 6.43. The van der Waals surface area contributed by atoms with Crippen molar-refractivity contribution in [2.24, 2.45) is 0 Å². The topological polar surface area (TPSA) is 114 Å². The first-order chi connectivity index (χ1) is 24.0. The first-order valence-electron chi connectivity index (χ1n) is 16.3. The molecule has 4 rings (SSSR count). The Hall–Kier alpha value is -4.74. The number of carbonyl (C=O) groups is 2. The highest BCUT2D eigenvalue weighted by Gasteiger charge is 2.36. The van der Waals surface area contributed by atoms with E-state index in [1.165, 1.54) is 56.6 Å². The number of benzene rings is 4. The Bertz CT molecular complexity index is 1850. The number of ether oxygens (including phenoxy) is 3. The minimum atomic E-state index is -4.48. The Kier molecular flexibility index (Phi) is 13.5. The third-order valence-corrected chi connectivity index (χ3v) is 10.2. The molecule has 0 aliphatic heterocycles. The third kappa shape index (κ3) is 9.48. The number of aryl methyl sites for hydroxylation is 1. The standard InChI is InChI=1S/C38H44ClN3O7S/c1-6-7-21-40-38(44)33(22-28-11-9-8-10-12-28)41(25-29-15-13-27(2)14-16-29)37(43)26-42(32-23-30(39)17-19-34(32)47-3)50(45,46)31-18-20-35(48-4)36(24-31)49-5/h8-20,23-24,33H,6-7,21-22,25-26H2,1-5H3,(H,40,44). The summed E-state index contributed by atoms with van der Waals surface area (Å²) in [5.41, 5.74) is 2.70. The van der Waals surface area contributed by atoms with Crippen LogP contribution in [0.1, 0.15) is 36.5 Å². The van der Waals surface area contributed by atoms with Crippen LogP contribution in [0.5, 0.6) is 17.2 Å². The Morgan fingerprint density at radius 2 is 1.48 bits per heavy atom. The monoisotopic (exact) mass is 721 g/mol. The van der Waals surface area contributed by atoms with Crippen molar-refractivity contribution in [3.8, 4) is 17.2 Å². The summed E-state index contributed by atoms with van der Waals surface area (Å²) in [4.78, 5) is 30.0. The van der Waals surface area contributed by atoms with E-state index < -0.39 is 28.5 Å². The van der Waals surface area contributed by atoms with Crippen molar-refractivity contribution >= 4 is 39.1 Å². The van der Waals surface area contributed by atoms with Gasteiger partial charge in [-0.2, -0.15) is 0 Å². The SMILES string of the molecule is CCCCNC(=O)C(Cc1ccccc1)N(Cc1ccc(C)cc1)C(=O)CN(c1cc(Cl)ccc1OC)S(=O)(=O)c1ccc(OC)c(OC)c1. The number of sulfonamides is 1. The Labute approximate surface area is 300 Å². The molecule has 266 valence electrons. The molecule has 0 fully saturated rings. The molecule has 0 bridgehead atoms. The van der Waals surface area contributed by atoms with Crippen LogP contribution in [0, 0.1) is 6.92 Å². The van der Waals surface area contributed by atoms with Crippen LogP contribution in [0.25, 0.3) is 0 Å². The van der Waals surface area contributed by atoms with Crippen LogP contribution in [0.15, 0.2) is 95.9 Å². The number of nitrogens with zero attached hydrogens (tertiary/aromatic N) is 2. The van der Waals surface area contributed by atoms with Gasteiger partial charge in [-0.15, -0.1) is 0 Å². The number of nitrogens with one attached hydrogen (secondary N) is 1. The van der Waals surface area contributed by atoms with E-state index in [1.807, 2.05) is 68.4 Å². The summed E-state index contributed by atoms with van der Waals surface area (Å²) in [6.45, 7) is 3.80. The highest BCUT2D eigenvalue weighted by atomic mass is 35.5. The molecular weight excluding hydrogens is 678 g/mol. The molecule has 0 aromatic heterocycles. The molecule has 0 saturated carbocycles. The fraction of sp³-hybridized carbons (Fsp3) is 0.316. The van der Waals surface area contributed by atoms with E-state index in [-0.39, 0.29) is 46.0 Å². The van der Waals surface area contributed by atoms with Crippen molar-refractivity contribution in [2.75, 3.05) is 38.7 Å². The lowest BCUT2D eigenvalue weighted by atomic mass is 10.0. The molecule has 12 heteroatoms. The second-order valence-corrected chi connectivity index (χ2v) is 14.0. The minimum absolute atomic E-state index is 0.0467. The number of hydrogen-bond donors (Lipinski definition) is 1. The van der Waals surface area contributed by atoms with Crippen LogP contribution in [-0.2, 0) is 32.6 Å². The summed E-state index contributed by atoms with van der Waals surface area (Å²) in [5, 5.41) is 3.23. The molecule has 0 spiro atoms. The molecule has 0 radical (unpaired) electrons. The van der Waals surface area contributed by atoms with Gasteiger partial charge in [0, 0.05) is 30.6 Å². The molecule has 4 aromatic carbocycles. The van der Waals surface area contributed by atoms with Crippen molar-refractivity contribution in [1.82, 2.24) is 10.2 Å². The van der Waals surface area contributed by atoms with Crippen molar-refractivity contribution in [2.45, 2.75) is 50.6 Å². The van der Waals surface area contributed by atoms with Gasteiger partial charge in [-0.05, 0) is 54.8 Å². The number of anilines is 1. The fourth-order valence-corrected chi connectivity index (χ4v) is 7.02. The Morgan fingerprint density at radius 3 is 2.12 bits per heavy atom. The molecule has 1 N–H and O–H groups in total. The molecule has 0 saturated heterocycles. The van der Waals surface area contributed by atoms with E-state index in [1.54, 1.807) is 6.07 Å². The summed E-state index contributed by atoms with van der Waals surface area (Å²) >= 11 is 6.40. The van der Waals surface area contributed by atoms with Gasteiger partial charge < -0.3 is 24.4 Å². The first kappa shape index (κ1) is 38.1. The van der Waals surface area contributed by atoms with E-state index in [0.717, 1.165) is 33.8 Å². The van der Waals surface area contributed by atoms with Gasteiger partial charge in [0.1, 0.15) is 18.3 Å². The van der Waals surface area contributed by atoms with Crippen molar-refractivity contribution in [1.29, 1.82) is 0 Å². The van der Waals surface area contributed by atoms with Crippen LogP contribution in [0.2, 0.25) is 5.02 Å². The number of rotatable bonds is 17. The van der Waals surface area contributed by atoms with Gasteiger partial charge in [-0.25, -0.2) is 8.42 Å². The van der Waals surface area contributed by atoms with Crippen LogP contribution < -0.4 is 23.8 Å². The van der Waals surface area contributed by atoms with Crippen LogP contribution in [0.3, 0.4) is 0 Å². The zero-order chi connectivity index (χ0) is 36.3. The van der Waals surface area contributed by atoms with E-state index in [9.17, 15) is 18.0 Å². The average molecular weight is 722 g/mol. The summed E-state index contributed by atoms with van der Waals surface area (Å²) < 4.78 is 46.4. The summed E-state index contributed by atoms with van der Waals surface area (Å²) in [5.74, 6) is -0.253. The van der Waals surface area contributed by atoms with Crippen molar-refractivity contribution in [3.63, 3.8) is 0 Å². The largest absolute Gasteiger partial charge is 0.495 e. The molecule has 0 heterocycles. The van der Waals surface area contributed by atoms with Gasteiger partial charge in [0.25, 0.3) is 10.0 Å². The maximum absolute atomic E-state index is 14.8. The van der Waals surface area contributed by atoms with Crippen LogP contribution >= 0.6 is 11.6 Å². The van der Waals surface area contributed by atoms with Gasteiger partial charge in [0.2, 0.25) is 11.8 Å². The molecular formula is C38H44ClN3O7S. The molecule has 50 heavy (non-hydrogen) atoms. The van der Waals surface area contributed by atoms with E-state index in [2.05, 4.69) is 5.32 Å². The number of carbonyl (C=O) groups excluding carboxylic acids is 2. The number of halogens is 1. The molecule has 1 unspecified atom stereocenters. The lowest BCUT2D eigenvalue weighted by Crippen LogP contribution is -2.53. The summed E-state index contributed by atoms with van der Waals surface area (Å²) in [6, 6.07) is 24.8. The van der Waals surface area contributed by atoms with Gasteiger partial charge in [-0.3, -0.25) is 13.9 Å². The van der Waals surface area contributed by atoms with Gasteiger partial charge in [0.05, 0.1) is 31.9 Å². The number of methoxy groups -OCH3 is 3. The average Bonchev–Trinajstić information content (AvgIpc) is 3.12. The third-order valence-electron chi connectivity index (χ3n) is 8.21. The second-order valence-electron chi connectivity index (χ2n) is 11.7. The number of unbranched alkanes of at least 4 members (excludes halogenated alkanes) is 1. The lowest BCUT2D eigenvalue weighted by Gasteiger charge is -2.34. The van der Waals surface area contributed by atoms with Gasteiger partial charge in [0.15, 0.2) is 11.5 Å². The Morgan fingerprint density at radius 1 is 0.820 bits per heavy atom. The maximum Gasteiger partial charge on any atom is 0.265 e. The smallest absolute Gasteiger partial charge is 0.265 e. The van der Waals surface area contributed by atoms with Crippen LogP contribution in [-0.4, -0.2) is 65.6 Å². The first-order valence-corrected chi connectivity index (χ1v) is 18.1. The molecule has 10 nitrogen and oxygen atoms in total. The molecule has 0 aliphatic carbocycles. The quantitative estimate of drug-likeness (QED) is 0.125. The summed E-state index contributed by atoms with van der Waals surface area (Å²) in [7, 11) is -0.236. The lowest BCUT2D eigenvalue weighted by molar-refractivity contribution is -0.140. The second kappa shape index (κ2) is 17.8. The predicted molar refractivity (Wildman–Crippen MR) is 196 cm³/mol. The van der Waals surface area contributed by atoms with E-state index in [4.69, 9.17) is 25.8 Å². The minimum Gasteiger partial charge on any atom is -0.495 e. The molecule has 4 aromatic rings. The van der Waals surface area contributed by atoms with E-state index in [0.29, 0.717) is 12.3 Å². The van der Waals surface area contributed by atoms with Gasteiger partial charge >= 0.3 is 0 Å². The van der Waals surface area contributed by atoms with Crippen molar-refractivity contribution < 1.29 is 32.2 Å².